The number of halogens is 2. The second-order valence-corrected chi connectivity index (χ2v) is 5.35. The van der Waals surface area contributed by atoms with Gasteiger partial charge in [-0.1, -0.05) is 5.92 Å². The van der Waals surface area contributed by atoms with Gasteiger partial charge in [-0.15, -0.1) is 0 Å². The van der Waals surface area contributed by atoms with Crippen LogP contribution in [-0.4, -0.2) is 0 Å². The maximum absolute atomic E-state index is 10.2. The highest BCUT2D eigenvalue weighted by Crippen LogP contribution is 2.55. The van der Waals surface area contributed by atoms with Crippen molar-refractivity contribution in [1.29, 1.82) is 0 Å². The van der Waals surface area contributed by atoms with Crippen LogP contribution in [0.1, 0.15) is 6.92 Å². The first-order valence-electron chi connectivity index (χ1n) is 1.49. The highest BCUT2D eigenvalue weighted by molar-refractivity contribution is 8.11. The summed E-state index contributed by atoms with van der Waals surface area (Å²) >= 11 is 9.96. The summed E-state index contributed by atoms with van der Waals surface area (Å²) in [6, 6.07) is 0. The van der Waals surface area contributed by atoms with Gasteiger partial charge < -0.3 is 0 Å². The molecule has 7 heavy (non-hydrogen) atoms. The Bertz CT molecular complexity index is 148. The Hall–Kier alpha value is 0.370. The van der Waals surface area contributed by atoms with E-state index < -0.39 is 5.85 Å². The normalized spacial score (nSPS) is 9.57. The summed E-state index contributed by atoms with van der Waals surface area (Å²) in [5.74, 6) is -0.752. The number of hydrogen-bond donors (Lipinski definition) is 0. The molecule has 0 amide bonds. The summed E-state index contributed by atoms with van der Waals surface area (Å²) < 4.78 is 10.2. The van der Waals surface area contributed by atoms with Crippen molar-refractivity contribution in [3.63, 3.8) is 0 Å². The molecule has 0 unspecified atom stereocenters. The van der Waals surface area contributed by atoms with E-state index in [0.29, 0.717) is 0 Å². The lowest BCUT2D eigenvalue weighted by Crippen LogP contribution is -1.43. The van der Waals surface area contributed by atoms with Crippen LogP contribution >= 0.6 is 28.3 Å². The van der Waals surface area contributed by atoms with Crippen molar-refractivity contribution in [3.8, 4) is 11.6 Å². The molecule has 0 saturated heterocycles. The maximum atomic E-state index is 10.2. The molecule has 0 rings (SSSR count). The largest absolute Gasteiger partial charge is 0.323 e. The fourth-order valence-corrected chi connectivity index (χ4v) is 0.898. The fourth-order valence-electron chi connectivity index (χ4n) is 0.130. The van der Waals surface area contributed by atoms with Gasteiger partial charge in [0.2, 0.25) is 0 Å². The van der Waals surface area contributed by atoms with Crippen LogP contribution in [-0.2, 0) is 4.57 Å². The van der Waals surface area contributed by atoms with Crippen molar-refractivity contribution in [3.05, 3.63) is 0 Å². The lowest BCUT2D eigenvalue weighted by atomic mass is 10.9. The summed E-state index contributed by atoms with van der Waals surface area (Å²) in [6.07, 6.45) is 0. The predicted molar refractivity (Wildman–Crippen MR) is 32.8 cm³/mol. The first-order valence-corrected chi connectivity index (χ1v) is 5.01. The SMILES string of the molecule is CC#CP(=O)(Cl)Cl. The van der Waals surface area contributed by atoms with Crippen LogP contribution in [0.15, 0.2) is 0 Å². The average molecular weight is 157 g/mol. The minimum Gasteiger partial charge on any atom is -0.275 e. The number of hydrogen-bond acceptors (Lipinski definition) is 1. The predicted octanol–water partition coefficient (Wildman–Crippen LogP) is 2.64. The molecule has 0 atom stereocenters. The number of rotatable bonds is 0. The molecule has 0 fully saturated rings. The van der Waals surface area contributed by atoms with Gasteiger partial charge in [0, 0.05) is 0 Å². The Morgan fingerprint density at radius 3 is 2.00 bits per heavy atom. The summed E-state index contributed by atoms with van der Waals surface area (Å²) in [5, 5.41) is 0. The molecule has 0 N–H and O–H groups in total. The minimum absolute atomic E-state index is 1.53. The van der Waals surface area contributed by atoms with Crippen LogP contribution in [0.5, 0.6) is 0 Å². The van der Waals surface area contributed by atoms with Crippen molar-refractivity contribution in [1.82, 2.24) is 0 Å². The van der Waals surface area contributed by atoms with E-state index in [-0.39, 0.29) is 0 Å². The van der Waals surface area contributed by atoms with E-state index in [9.17, 15) is 4.57 Å². The molecule has 1 nitrogen and oxygen atoms in total. The second-order valence-electron chi connectivity index (χ2n) is 0.824. The van der Waals surface area contributed by atoms with Gasteiger partial charge in [-0.05, 0) is 35.1 Å². The van der Waals surface area contributed by atoms with Crippen molar-refractivity contribution < 1.29 is 4.57 Å². The van der Waals surface area contributed by atoms with Gasteiger partial charge in [-0.3, -0.25) is 4.57 Å². The summed E-state index contributed by atoms with van der Waals surface area (Å²) in [7, 11) is 0. The van der Waals surface area contributed by atoms with Gasteiger partial charge in [-0.25, -0.2) is 0 Å². The zero-order chi connectivity index (χ0) is 5.91. The third-order valence-electron chi connectivity index (χ3n) is 0.242. The molecular formula is C3H3Cl2OP. The summed E-state index contributed by atoms with van der Waals surface area (Å²) in [4.78, 5) is 0. The zero-order valence-corrected chi connectivity index (χ0v) is 6.02. The van der Waals surface area contributed by atoms with Gasteiger partial charge in [0.05, 0.1) is 0 Å². The Morgan fingerprint density at radius 1 is 1.57 bits per heavy atom. The molecule has 0 spiro atoms. The highest BCUT2D eigenvalue weighted by Gasteiger charge is 2.05. The van der Waals surface area contributed by atoms with Crippen molar-refractivity contribution >= 4 is 28.3 Å². The van der Waals surface area contributed by atoms with Gasteiger partial charge >= 0.3 is 5.85 Å². The van der Waals surface area contributed by atoms with E-state index in [4.69, 9.17) is 22.5 Å². The molecule has 0 aliphatic rings. The first kappa shape index (κ1) is 7.37. The van der Waals surface area contributed by atoms with Crippen molar-refractivity contribution in [2.45, 2.75) is 6.92 Å². The van der Waals surface area contributed by atoms with E-state index >= 15 is 0 Å². The molecule has 0 radical (unpaired) electrons. The third kappa shape index (κ3) is 6.37. The third-order valence-corrected chi connectivity index (χ3v) is 1.23. The molecule has 40 valence electrons. The molecule has 0 aromatic carbocycles. The second kappa shape index (κ2) is 2.62. The van der Waals surface area contributed by atoms with E-state index in [2.05, 4.69) is 11.6 Å². The van der Waals surface area contributed by atoms with E-state index in [1.165, 1.54) is 6.92 Å². The summed E-state index contributed by atoms with van der Waals surface area (Å²) in [5.41, 5.74) is 2.12. The van der Waals surface area contributed by atoms with Crippen LogP contribution in [0, 0.1) is 11.6 Å². The van der Waals surface area contributed by atoms with Crippen molar-refractivity contribution in [2.24, 2.45) is 0 Å². The summed E-state index contributed by atoms with van der Waals surface area (Å²) in [6.45, 7) is 1.53. The Kier molecular flexibility index (Phi) is 2.76. The molecule has 0 bridgehead atoms. The maximum Gasteiger partial charge on any atom is 0.323 e. The molecule has 0 aliphatic carbocycles. The van der Waals surface area contributed by atoms with Gasteiger partial charge in [-0.2, -0.15) is 0 Å². The van der Waals surface area contributed by atoms with Crippen LogP contribution in [0.4, 0.5) is 0 Å². The molecule has 0 heterocycles. The monoisotopic (exact) mass is 156 g/mol. The average Bonchev–Trinajstić information content (AvgIpc) is 1.30. The van der Waals surface area contributed by atoms with Crippen LogP contribution in [0.3, 0.4) is 0 Å². The molecule has 0 aromatic rings. The Labute approximate surface area is 51.9 Å². The van der Waals surface area contributed by atoms with Gasteiger partial charge in [0.1, 0.15) is 0 Å². The Balaban J connectivity index is 4.01. The molecular weight excluding hydrogens is 154 g/mol. The standard InChI is InChI=1S/C3H3Cl2OP/c1-2-3-7(4,5)6/h1H3. The van der Waals surface area contributed by atoms with E-state index in [1.54, 1.807) is 0 Å². The quantitative estimate of drug-likeness (QED) is 0.390. The lowest BCUT2D eigenvalue weighted by molar-refractivity contribution is 0.598. The molecule has 0 saturated carbocycles. The Morgan fingerprint density at radius 2 is 2.00 bits per heavy atom. The van der Waals surface area contributed by atoms with Crippen LogP contribution < -0.4 is 0 Å². The van der Waals surface area contributed by atoms with Crippen LogP contribution in [0.2, 0.25) is 0 Å². The smallest absolute Gasteiger partial charge is 0.275 e. The van der Waals surface area contributed by atoms with E-state index in [0.717, 1.165) is 0 Å². The molecule has 4 heteroatoms. The minimum atomic E-state index is -3.08. The van der Waals surface area contributed by atoms with Gasteiger partial charge in [0.25, 0.3) is 0 Å². The topological polar surface area (TPSA) is 17.1 Å². The highest BCUT2D eigenvalue weighted by atomic mass is 35.9. The van der Waals surface area contributed by atoms with Gasteiger partial charge in [0.15, 0.2) is 0 Å². The molecule has 0 aliphatic heterocycles. The fraction of sp³-hybridized carbons (Fsp3) is 0.333. The van der Waals surface area contributed by atoms with E-state index in [1.807, 2.05) is 0 Å². The van der Waals surface area contributed by atoms with Crippen molar-refractivity contribution in [2.75, 3.05) is 0 Å². The van der Waals surface area contributed by atoms with Crippen LogP contribution in [0.25, 0.3) is 0 Å². The zero-order valence-electron chi connectivity index (χ0n) is 3.61. The first-order chi connectivity index (χ1) is 3.06. The lowest BCUT2D eigenvalue weighted by Gasteiger charge is -1.80. The molecule has 0 aromatic heterocycles.